The minimum Gasteiger partial charge on any atom is -0.304 e. The molecule has 1 fully saturated rings. The van der Waals surface area contributed by atoms with Crippen molar-refractivity contribution in [3.63, 3.8) is 0 Å². The van der Waals surface area contributed by atoms with E-state index in [4.69, 9.17) is 0 Å². The molecule has 3 atom stereocenters. The van der Waals surface area contributed by atoms with Gasteiger partial charge in [-0.3, -0.25) is 9.59 Å². The van der Waals surface area contributed by atoms with Crippen LogP contribution in [-0.4, -0.2) is 33.3 Å². The Bertz CT molecular complexity index is 936. The number of benzene rings is 2. The molecule has 4 rings (SSSR count). The van der Waals surface area contributed by atoms with Crippen molar-refractivity contribution >= 4 is 40.5 Å². The molecule has 2 aromatic carbocycles. The van der Waals surface area contributed by atoms with E-state index in [-0.39, 0.29) is 22.3 Å². The molecule has 7 heteroatoms. The van der Waals surface area contributed by atoms with E-state index < -0.39 is 5.54 Å². The zero-order valence-corrected chi connectivity index (χ0v) is 18.0. The molecule has 29 heavy (non-hydrogen) atoms. The number of nitrogens with zero attached hydrogens (tertiary/aromatic N) is 2. The highest BCUT2D eigenvalue weighted by Gasteiger charge is 2.55. The van der Waals surface area contributed by atoms with Crippen molar-refractivity contribution in [3.05, 3.63) is 71.8 Å². The highest BCUT2D eigenvalue weighted by Crippen LogP contribution is 2.61. The summed E-state index contributed by atoms with van der Waals surface area (Å²) in [4.78, 5) is 24.2. The molecule has 150 valence electrons. The van der Waals surface area contributed by atoms with Crippen LogP contribution >= 0.6 is 23.5 Å². The second-order valence-electron chi connectivity index (χ2n) is 7.34. The molecule has 0 aromatic heterocycles. The Hall–Kier alpha value is -2.25. The number of carbonyl (C=O) groups is 2. The molecule has 2 aliphatic rings. The second kappa shape index (κ2) is 8.24. The fraction of sp³-hybridized carbons (Fsp3) is 0.318. The lowest BCUT2D eigenvalue weighted by Gasteiger charge is -2.44. The van der Waals surface area contributed by atoms with Crippen molar-refractivity contribution in [1.82, 2.24) is 10.3 Å². The number of amidine groups is 1. The zero-order chi connectivity index (χ0) is 20.4. The van der Waals surface area contributed by atoms with E-state index in [2.05, 4.69) is 46.8 Å². The highest BCUT2D eigenvalue weighted by atomic mass is 32.2. The molecule has 2 aromatic rings. The minimum absolute atomic E-state index is 0.0907. The standard InChI is InChI=1S/C22H23N3O2S2/c1-15(26)23-21-24-25(16(2)27)22(14-28-21)13-19(17-9-5-3-6-10-17)29-20(22)18-11-7-4-8-12-18/h3-12,19-20H,13-14H2,1-2H3,(H,23,24,26)/t19?,20-,22?/m1/s1. The van der Waals surface area contributed by atoms with Gasteiger partial charge in [0.25, 0.3) is 0 Å². The number of hydrogen-bond acceptors (Lipinski definition) is 5. The lowest BCUT2D eigenvalue weighted by atomic mass is 9.85. The average Bonchev–Trinajstić information content (AvgIpc) is 3.10. The Morgan fingerprint density at radius 2 is 1.66 bits per heavy atom. The lowest BCUT2D eigenvalue weighted by Crippen LogP contribution is -2.55. The largest absolute Gasteiger partial charge is 0.304 e. The maximum absolute atomic E-state index is 12.7. The van der Waals surface area contributed by atoms with E-state index >= 15 is 0 Å². The molecular formula is C22H23N3O2S2. The first-order valence-electron chi connectivity index (χ1n) is 9.55. The van der Waals surface area contributed by atoms with Crippen LogP contribution in [0.2, 0.25) is 0 Å². The maximum Gasteiger partial charge on any atom is 0.240 e. The van der Waals surface area contributed by atoms with E-state index in [1.54, 1.807) is 11.9 Å². The molecule has 1 N–H and O–H groups in total. The summed E-state index contributed by atoms with van der Waals surface area (Å²) in [6.07, 6.45) is 0.810. The summed E-state index contributed by atoms with van der Waals surface area (Å²) in [5.41, 5.74) is 2.01. The van der Waals surface area contributed by atoms with Crippen LogP contribution in [0.4, 0.5) is 0 Å². The Morgan fingerprint density at radius 3 is 2.24 bits per heavy atom. The SMILES string of the molecule is CC(=O)NC1=NN(C(C)=O)C2(CS1)CC(c1ccccc1)S[C@@H]2c1ccccc1. The second-order valence-corrected chi connectivity index (χ2v) is 9.62. The van der Waals surface area contributed by atoms with Crippen molar-refractivity contribution < 1.29 is 9.59 Å². The molecule has 1 spiro atoms. The average molecular weight is 426 g/mol. The van der Waals surface area contributed by atoms with E-state index in [1.165, 1.54) is 29.8 Å². The van der Waals surface area contributed by atoms with Gasteiger partial charge >= 0.3 is 0 Å². The molecule has 1 saturated heterocycles. The third kappa shape index (κ3) is 3.94. The summed E-state index contributed by atoms with van der Waals surface area (Å²) in [5.74, 6) is 0.392. The Morgan fingerprint density at radius 1 is 1.03 bits per heavy atom. The predicted octanol–water partition coefficient (Wildman–Crippen LogP) is 4.35. The summed E-state index contributed by atoms with van der Waals surface area (Å²) in [6.45, 7) is 3.00. The van der Waals surface area contributed by atoms with Crippen LogP contribution in [0.5, 0.6) is 0 Å². The topological polar surface area (TPSA) is 61.8 Å². The first kappa shape index (κ1) is 20.0. The fourth-order valence-corrected chi connectivity index (χ4v) is 7.18. The van der Waals surface area contributed by atoms with Crippen molar-refractivity contribution in [2.75, 3.05) is 5.75 Å². The minimum atomic E-state index is -0.453. The summed E-state index contributed by atoms with van der Waals surface area (Å²) in [6, 6.07) is 20.8. The summed E-state index contributed by atoms with van der Waals surface area (Å²) < 4.78 is 0. The van der Waals surface area contributed by atoms with E-state index in [0.29, 0.717) is 10.9 Å². The van der Waals surface area contributed by atoms with Crippen molar-refractivity contribution in [2.24, 2.45) is 5.10 Å². The van der Waals surface area contributed by atoms with Gasteiger partial charge < -0.3 is 5.32 Å². The van der Waals surface area contributed by atoms with Gasteiger partial charge in [-0.05, 0) is 17.5 Å². The molecule has 0 bridgehead atoms. The van der Waals surface area contributed by atoms with Crippen LogP contribution in [0.15, 0.2) is 65.8 Å². The summed E-state index contributed by atoms with van der Waals surface area (Å²) in [7, 11) is 0. The molecule has 2 aliphatic heterocycles. The van der Waals surface area contributed by atoms with Crippen molar-refractivity contribution in [2.45, 2.75) is 36.3 Å². The first-order valence-corrected chi connectivity index (χ1v) is 11.5. The summed E-state index contributed by atoms with van der Waals surface area (Å²) in [5, 5.41) is 9.79. The zero-order valence-electron chi connectivity index (χ0n) is 16.4. The third-order valence-corrected chi connectivity index (χ3v) is 8.11. The molecule has 0 aliphatic carbocycles. The number of rotatable bonds is 2. The van der Waals surface area contributed by atoms with E-state index in [0.717, 1.165) is 6.42 Å². The van der Waals surface area contributed by atoms with Crippen LogP contribution in [0.25, 0.3) is 0 Å². The lowest BCUT2D eigenvalue weighted by molar-refractivity contribution is -0.135. The number of thioether (sulfide) groups is 2. The normalized spacial score (nSPS) is 26.3. The first-order chi connectivity index (χ1) is 14.0. The fourth-order valence-electron chi connectivity index (χ4n) is 4.05. The highest BCUT2D eigenvalue weighted by molar-refractivity contribution is 8.14. The number of hydrogen-bond donors (Lipinski definition) is 1. The van der Waals surface area contributed by atoms with Gasteiger partial charge in [-0.25, -0.2) is 5.01 Å². The Kier molecular flexibility index (Phi) is 5.69. The van der Waals surface area contributed by atoms with Crippen LogP contribution in [0.3, 0.4) is 0 Å². The van der Waals surface area contributed by atoms with E-state index in [9.17, 15) is 9.59 Å². The van der Waals surface area contributed by atoms with Crippen molar-refractivity contribution in [3.8, 4) is 0 Å². The quantitative estimate of drug-likeness (QED) is 0.777. The van der Waals surface area contributed by atoms with Gasteiger partial charge in [0, 0.05) is 24.9 Å². The van der Waals surface area contributed by atoms with Gasteiger partial charge in [0.05, 0.1) is 10.8 Å². The van der Waals surface area contributed by atoms with Gasteiger partial charge in [0.15, 0.2) is 5.17 Å². The third-order valence-electron chi connectivity index (χ3n) is 5.25. The molecule has 2 heterocycles. The Labute approximate surface area is 179 Å². The van der Waals surface area contributed by atoms with Gasteiger partial charge in [-0.1, -0.05) is 72.4 Å². The molecule has 5 nitrogen and oxygen atoms in total. The van der Waals surface area contributed by atoms with Gasteiger partial charge in [-0.2, -0.15) is 0 Å². The molecule has 2 unspecified atom stereocenters. The smallest absolute Gasteiger partial charge is 0.240 e. The van der Waals surface area contributed by atoms with Crippen LogP contribution in [0, 0.1) is 0 Å². The Balaban J connectivity index is 1.77. The summed E-state index contributed by atoms with van der Waals surface area (Å²) >= 11 is 3.41. The predicted molar refractivity (Wildman–Crippen MR) is 120 cm³/mol. The monoisotopic (exact) mass is 425 g/mol. The van der Waals surface area contributed by atoms with Gasteiger partial charge in [0.2, 0.25) is 11.8 Å². The number of hydrazone groups is 1. The number of nitrogens with one attached hydrogen (secondary N) is 1. The van der Waals surface area contributed by atoms with Crippen LogP contribution in [-0.2, 0) is 9.59 Å². The van der Waals surface area contributed by atoms with Crippen LogP contribution in [0.1, 0.15) is 41.9 Å². The molecular weight excluding hydrogens is 402 g/mol. The molecule has 2 amide bonds. The van der Waals surface area contributed by atoms with Gasteiger partial charge in [0.1, 0.15) is 0 Å². The van der Waals surface area contributed by atoms with Crippen molar-refractivity contribution in [1.29, 1.82) is 0 Å². The number of carbonyl (C=O) groups excluding carboxylic acids is 2. The van der Waals surface area contributed by atoms with Gasteiger partial charge in [-0.15, -0.1) is 16.9 Å². The molecule has 0 radical (unpaired) electrons. The maximum atomic E-state index is 12.7. The van der Waals surface area contributed by atoms with Crippen LogP contribution < -0.4 is 5.32 Å². The molecule has 0 saturated carbocycles. The number of amides is 2. The van der Waals surface area contributed by atoms with E-state index in [1.807, 2.05) is 36.0 Å².